The first-order valence-electron chi connectivity index (χ1n) is 7.11. The van der Waals surface area contributed by atoms with Crippen molar-refractivity contribution >= 4 is 11.6 Å². The van der Waals surface area contributed by atoms with Crippen molar-refractivity contribution in [2.45, 2.75) is 19.8 Å². The summed E-state index contributed by atoms with van der Waals surface area (Å²) in [5.41, 5.74) is 1.78. The number of amides is 1. The van der Waals surface area contributed by atoms with Crippen LogP contribution in [0.1, 0.15) is 25.3 Å². The average Bonchev–Trinajstić information content (AvgIpc) is 3.05. The second-order valence-corrected chi connectivity index (χ2v) is 6.18. The number of benzene rings is 2. The van der Waals surface area contributed by atoms with Crippen LogP contribution in [0.3, 0.4) is 0 Å². The number of nitrogens with one attached hydrogen (secondary N) is 1. The lowest BCUT2D eigenvalue weighted by Gasteiger charge is -2.05. The van der Waals surface area contributed by atoms with Crippen LogP contribution in [0.5, 0.6) is 0 Å². The van der Waals surface area contributed by atoms with Crippen LogP contribution in [-0.2, 0) is 4.79 Å². The lowest BCUT2D eigenvalue weighted by molar-refractivity contribution is -0.118. The minimum absolute atomic E-state index is 0.000427. The van der Waals surface area contributed by atoms with Crippen LogP contribution in [0.2, 0.25) is 0 Å². The molecule has 3 heteroatoms. The van der Waals surface area contributed by atoms with Crippen molar-refractivity contribution < 1.29 is 9.18 Å². The predicted molar refractivity (Wildman–Crippen MR) is 81.5 cm³/mol. The summed E-state index contributed by atoms with van der Waals surface area (Å²) in [6.45, 7) is 4.22. The van der Waals surface area contributed by atoms with Crippen LogP contribution in [-0.4, -0.2) is 5.91 Å². The fourth-order valence-corrected chi connectivity index (χ4v) is 3.16. The summed E-state index contributed by atoms with van der Waals surface area (Å²) in [4.78, 5) is 12.5. The van der Waals surface area contributed by atoms with Crippen molar-refractivity contribution in [1.29, 1.82) is 0 Å². The lowest BCUT2D eigenvalue weighted by atomic mass is 10.0. The van der Waals surface area contributed by atoms with Gasteiger partial charge in [-0.2, -0.15) is 0 Å². The summed E-state index contributed by atoms with van der Waals surface area (Å²) in [6.07, 6.45) is 0. The molecule has 0 saturated heterocycles. The maximum Gasteiger partial charge on any atom is 0.228 e. The molecule has 0 aromatic heterocycles. The molecule has 2 atom stereocenters. The molecule has 0 unspecified atom stereocenters. The quantitative estimate of drug-likeness (QED) is 0.898. The topological polar surface area (TPSA) is 29.1 Å². The van der Waals surface area contributed by atoms with Gasteiger partial charge in [0.1, 0.15) is 5.82 Å². The summed E-state index contributed by atoms with van der Waals surface area (Å²) in [5, 5.41) is 2.88. The summed E-state index contributed by atoms with van der Waals surface area (Å²) in [7, 11) is 0. The molecule has 1 fully saturated rings. The van der Waals surface area contributed by atoms with Gasteiger partial charge in [0.2, 0.25) is 5.91 Å². The summed E-state index contributed by atoms with van der Waals surface area (Å²) >= 11 is 0. The fourth-order valence-electron chi connectivity index (χ4n) is 3.16. The number of halogens is 1. The Balaban J connectivity index is 1.75. The molecule has 108 valence electrons. The van der Waals surface area contributed by atoms with E-state index in [1.165, 1.54) is 17.7 Å². The molecule has 2 nitrogen and oxygen atoms in total. The van der Waals surface area contributed by atoms with Crippen LogP contribution >= 0.6 is 0 Å². The van der Waals surface area contributed by atoms with E-state index in [2.05, 4.69) is 31.3 Å². The standard InChI is InChI=1S/C18H18FNO/c1-18(2)15(12-6-4-3-5-7-12)16(18)17(21)20-14-10-8-13(19)9-11-14/h3-11,15-16H,1-2H3,(H,20,21)/t15-,16+/m1/s1. The van der Waals surface area contributed by atoms with Gasteiger partial charge in [0.25, 0.3) is 0 Å². The third-order valence-electron chi connectivity index (χ3n) is 4.38. The van der Waals surface area contributed by atoms with Crippen molar-refractivity contribution in [1.82, 2.24) is 0 Å². The molecule has 1 aliphatic rings. The van der Waals surface area contributed by atoms with Gasteiger partial charge in [-0.25, -0.2) is 4.39 Å². The first-order chi connectivity index (χ1) is 10.00. The van der Waals surface area contributed by atoms with Gasteiger partial charge in [0, 0.05) is 11.6 Å². The zero-order valence-corrected chi connectivity index (χ0v) is 12.1. The van der Waals surface area contributed by atoms with Gasteiger partial charge in [0.05, 0.1) is 5.92 Å². The summed E-state index contributed by atoms with van der Waals surface area (Å²) in [5.74, 6) is -0.119. The van der Waals surface area contributed by atoms with Gasteiger partial charge in [0.15, 0.2) is 0 Å². The van der Waals surface area contributed by atoms with Crippen molar-refractivity contribution in [2.75, 3.05) is 5.32 Å². The number of rotatable bonds is 3. The molecule has 1 saturated carbocycles. The van der Waals surface area contributed by atoms with Crippen LogP contribution in [0, 0.1) is 17.2 Å². The minimum atomic E-state index is -0.304. The average molecular weight is 283 g/mol. The highest BCUT2D eigenvalue weighted by Gasteiger charge is 2.62. The molecular weight excluding hydrogens is 265 g/mol. The number of hydrogen-bond acceptors (Lipinski definition) is 1. The molecule has 1 amide bonds. The van der Waals surface area contributed by atoms with E-state index in [9.17, 15) is 9.18 Å². The first-order valence-corrected chi connectivity index (χ1v) is 7.11. The van der Waals surface area contributed by atoms with Crippen molar-refractivity contribution in [3.8, 4) is 0 Å². The molecule has 0 radical (unpaired) electrons. The summed E-state index contributed by atoms with van der Waals surface area (Å²) < 4.78 is 12.9. The van der Waals surface area contributed by atoms with Crippen LogP contribution in [0.4, 0.5) is 10.1 Å². The van der Waals surface area contributed by atoms with Gasteiger partial charge in [-0.05, 0) is 35.2 Å². The number of carbonyl (C=O) groups is 1. The Morgan fingerprint density at radius 1 is 1.05 bits per heavy atom. The summed E-state index contributed by atoms with van der Waals surface area (Å²) in [6, 6.07) is 16.0. The number of hydrogen-bond donors (Lipinski definition) is 1. The van der Waals surface area contributed by atoms with Crippen molar-refractivity contribution in [2.24, 2.45) is 11.3 Å². The van der Waals surface area contributed by atoms with E-state index in [1.807, 2.05) is 18.2 Å². The second-order valence-electron chi connectivity index (χ2n) is 6.18. The number of carbonyl (C=O) groups excluding carboxylic acids is 1. The van der Waals surface area contributed by atoms with Crippen LogP contribution in [0.25, 0.3) is 0 Å². The lowest BCUT2D eigenvalue weighted by Crippen LogP contribution is -2.16. The molecule has 0 bridgehead atoms. The SMILES string of the molecule is CC1(C)[C@H](C(=O)Nc2ccc(F)cc2)[C@H]1c1ccccc1. The van der Waals surface area contributed by atoms with Gasteiger partial charge in [-0.15, -0.1) is 0 Å². The monoisotopic (exact) mass is 283 g/mol. The molecule has 3 rings (SSSR count). The Labute approximate surface area is 124 Å². The van der Waals surface area contributed by atoms with E-state index < -0.39 is 0 Å². The third-order valence-corrected chi connectivity index (χ3v) is 4.38. The normalized spacial score (nSPS) is 22.6. The predicted octanol–water partition coefficient (Wildman–Crippen LogP) is 4.20. The van der Waals surface area contributed by atoms with Crippen LogP contribution < -0.4 is 5.32 Å². The largest absolute Gasteiger partial charge is 0.326 e. The van der Waals surface area contributed by atoms with Gasteiger partial charge >= 0.3 is 0 Å². The van der Waals surface area contributed by atoms with E-state index in [0.29, 0.717) is 5.69 Å². The Morgan fingerprint density at radius 2 is 1.67 bits per heavy atom. The Morgan fingerprint density at radius 3 is 2.29 bits per heavy atom. The molecular formula is C18H18FNO. The maximum absolute atomic E-state index is 12.9. The van der Waals surface area contributed by atoms with E-state index in [4.69, 9.17) is 0 Å². The molecule has 0 spiro atoms. The van der Waals surface area contributed by atoms with Gasteiger partial charge in [-0.1, -0.05) is 44.2 Å². The third kappa shape index (κ3) is 2.56. The highest BCUT2D eigenvalue weighted by Crippen LogP contribution is 2.64. The molecule has 2 aromatic carbocycles. The minimum Gasteiger partial charge on any atom is -0.326 e. The number of anilines is 1. The molecule has 0 aliphatic heterocycles. The van der Waals surface area contributed by atoms with Crippen molar-refractivity contribution in [3.63, 3.8) is 0 Å². The maximum atomic E-state index is 12.9. The van der Waals surface area contributed by atoms with Crippen molar-refractivity contribution in [3.05, 3.63) is 66.0 Å². The zero-order valence-electron chi connectivity index (χ0n) is 12.1. The van der Waals surface area contributed by atoms with Gasteiger partial charge < -0.3 is 5.32 Å². The van der Waals surface area contributed by atoms with E-state index in [-0.39, 0.29) is 29.0 Å². The molecule has 0 heterocycles. The Bertz CT molecular complexity index is 649. The highest BCUT2D eigenvalue weighted by atomic mass is 19.1. The molecule has 21 heavy (non-hydrogen) atoms. The van der Waals surface area contributed by atoms with E-state index in [0.717, 1.165) is 0 Å². The van der Waals surface area contributed by atoms with Crippen LogP contribution in [0.15, 0.2) is 54.6 Å². The van der Waals surface area contributed by atoms with E-state index in [1.54, 1.807) is 12.1 Å². The molecule has 1 N–H and O–H groups in total. The Kier molecular flexibility index (Phi) is 3.28. The highest BCUT2D eigenvalue weighted by molar-refractivity contribution is 5.96. The zero-order chi connectivity index (χ0) is 15.0. The Hall–Kier alpha value is -2.16. The van der Waals surface area contributed by atoms with Gasteiger partial charge in [-0.3, -0.25) is 4.79 Å². The molecule has 1 aliphatic carbocycles. The smallest absolute Gasteiger partial charge is 0.228 e. The molecule has 2 aromatic rings. The first kappa shape index (κ1) is 13.8. The van der Waals surface area contributed by atoms with E-state index >= 15 is 0 Å². The second kappa shape index (κ2) is 4.99. The fraction of sp³-hybridized carbons (Fsp3) is 0.278.